The number of rotatable bonds is 2. The number of aromatic nitrogens is 2. The largest absolute Gasteiger partial charge is 0.476 e. The third kappa shape index (κ3) is 2.01. The average molecular weight is 270 g/mol. The molecule has 5 heteroatoms. The Morgan fingerprint density at radius 2 is 2.05 bits per heavy atom. The predicted molar refractivity (Wildman–Crippen MR) is 73.6 cm³/mol. The molecule has 0 atom stereocenters. The van der Waals surface area contributed by atoms with Crippen LogP contribution in [0.15, 0.2) is 29.2 Å². The van der Waals surface area contributed by atoms with Gasteiger partial charge in [0.05, 0.1) is 5.69 Å². The molecule has 0 fully saturated rings. The van der Waals surface area contributed by atoms with E-state index < -0.39 is 17.1 Å². The highest BCUT2D eigenvalue weighted by molar-refractivity contribution is 5.85. The van der Waals surface area contributed by atoms with Crippen molar-refractivity contribution >= 4 is 5.97 Å². The van der Waals surface area contributed by atoms with Crippen molar-refractivity contribution in [3.63, 3.8) is 0 Å². The van der Waals surface area contributed by atoms with Crippen LogP contribution in [0.1, 0.15) is 33.6 Å². The monoisotopic (exact) mass is 270 g/mol. The van der Waals surface area contributed by atoms with Gasteiger partial charge in [-0.1, -0.05) is 6.07 Å². The molecule has 0 amide bonds. The number of hydrogen-bond acceptors (Lipinski definition) is 3. The van der Waals surface area contributed by atoms with Gasteiger partial charge in [-0.05, 0) is 49.4 Å². The van der Waals surface area contributed by atoms with E-state index in [0.29, 0.717) is 5.56 Å². The normalized spacial score (nSPS) is 13.2. The summed E-state index contributed by atoms with van der Waals surface area (Å²) in [5, 5.41) is 13.0. The second-order valence-corrected chi connectivity index (χ2v) is 5.05. The lowest BCUT2D eigenvalue weighted by molar-refractivity contribution is 0.0686. The van der Waals surface area contributed by atoms with Crippen LogP contribution in [0.3, 0.4) is 0 Å². The topological polar surface area (TPSA) is 72.2 Å². The van der Waals surface area contributed by atoms with Crippen molar-refractivity contribution in [2.24, 2.45) is 0 Å². The van der Waals surface area contributed by atoms with E-state index in [1.807, 2.05) is 18.2 Å². The van der Waals surface area contributed by atoms with E-state index in [4.69, 9.17) is 5.11 Å². The first-order valence-corrected chi connectivity index (χ1v) is 6.52. The molecule has 3 rings (SSSR count). The molecule has 0 unspecified atom stereocenters. The fourth-order valence-corrected chi connectivity index (χ4v) is 2.58. The average Bonchev–Trinajstić information content (AvgIpc) is 2.88. The molecular formula is C15H14N2O3. The maximum absolute atomic E-state index is 11.7. The predicted octanol–water partition coefficient (Wildman–Crippen LogP) is 1.73. The maximum Gasteiger partial charge on any atom is 0.360 e. The number of carbonyl (C=O) groups is 1. The molecule has 0 radical (unpaired) electrons. The van der Waals surface area contributed by atoms with Crippen LogP contribution in [0.5, 0.6) is 0 Å². The Morgan fingerprint density at radius 1 is 1.30 bits per heavy atom. The molecule has 1 N–H and O–H groups in total. The molecular weight excluding hydrogens is 256 g/mol. The third-order valence-electron chi connectivity index (χ3n) is 3.65. The number of aryl methyl sites for hydroxylation is 3. The molecule has 1 aliphatic rings. The van der Waals surface area contributed by atoms with E-state index in [1.54, 1.807) is 13.1 Å². The van der Waals surface area contributed by atoms with Crippen LogP contribution in [0.2, 0.25) is 0 Å². The molecule has 1 heterocycles. The van der Waals surface area contributed by atoms with E-state index in [9.17, 15) is 9.59 Å². The summed E-state index contributed by atoms with van der Waals surface area (Å²) in [6.45, 7) is 1.60. The zero-order chi connectivity index (χ0) is 14.3. The molecule has 0 saturated carbocycles. The van der Waals surface area contributed by atoms with Gasteiger partial charge in [-0.2, -0.15) is 5.10 Å². The van der Waals surface area contributed by atoms with Crippen LogP contribution in [-0.2, 0) is 12.8 Å². The number of nitrogens with zero attached hydrogens (tertiary/aromatic N) is 2. The highest BCUT2D eigenvalue weighted by Gasteiger charge is 2.16. The Kier molecular flexibility index (Phi) is 2.89. The lowest BCUT2D eigenvalue weighted by atomic mass is 10.1. The van der Waals surface area contributed by atoms with Gasteiger partial charge >= 0.3 is 5.97 Å². The van der Waals surface area contributed by atoms with Crippen molar-refractivity contribution in [2.45, 2.75) is 26.2 Å². The number of hydrogen-bond donors (Lipinski definition) is 1. The molecule has 20 heavy (non-hydrogen) atoms. The van der Waals surface area contributed by atoms with Crippen LogP contribution < -0.4 is 5.43 Å². The standard InChI is InChI=1S/C15H14N2O3/c1-9-8-17(16-13(14(9)18)15(19)20)12-6-5-10-3-2-4-11(10)7-12/h5-8H,2-4H2,1H3,(H,19,20). The van der Waals surface area contributed by atoms with E-state index >= 15 is 0 Å². The summed E-state index contributed by atoms with van der Waals surface area (Å²) >= 11 is 0. The maximum atomic E-state index is 11.7. The van der Waals surface area contributed by atoms with Gasteiger partial charge in [0.25, 0.3) is 0 Å². The van der Waals surface area contributed by atoms with Crippen LogP contribution in [-0.4, -0.2) is 20.9 Å². The SMILES string of the molecule is Cc1cn(-c2ccc3c(c2)CCC3)nc(C(=O)O)c1=O. The lowest BCUT2D eigenvalue weighted by Gasteiger charge is -2.09. The van der Waals surface area contributed by atoms with Gasteiger partial charge in [0, 0.05) is 11.8 Å². The summed E-state index contributed by atoms with van der Waals surface area (Å²) in [4.78, 5) is 22.8. The van der Waals surface area contributed by atoms with Crippen LogP contribution in [0.4, 0.5) is 0 Å². The Labute approximate surface area is 115 Å². The minimum Gasteiger partial charge on any atom is -0.476 e. The van der Waals surface area contributed by atoms with Crippen LogP contribution >= 0.6 is 0 Å². The zero-order valence-electron chi connectivity index (χ0n) is 11.1. The smallest absolute Gasteiger partial charge is 0.360 e. The second-order valence-electron chi connectivity index (χ2n) is 5.05. The van der Waals surface area contributed by atoms with Crippen LogP contribution in [0.25, 0.3) is 5.69 Å². The molecule has 5 nitrogen and oxygen atoms in total. The number of benzene rings is 1. The van der Waals surface area contributed by atoms with Crippen molar-refractivity contribution in [1.29, 1.82) is 0 Å². The van der Waals surface area contributed by atoms with Gasteiger partial charge in [-0.3, -0.25) is 4.79 Å². The zero-order valence-corrected chi connectivity index (χ0v) is 11.1. The van der Waals surface area contributed by atoms with Crippen molar-refractivity contribution in [3.8, 4) is 5.69 Å². The van der Waals surface area contributed by atoms with Gasteiger partial charge in [0.1, 0.15) is 0 Å². The highest BCUT2D eigenvalue weighted by Crippen LogP contribution is 2.24. The minimum absolute atomic E-state index is 0.373. The summed E-state index contributed by atoms with van der Waals surface area (Å²) in [7, 11) is 0. The van der Waals surface area contributed by atoms with Crippen molar-refractivity contribution < 1.29 is 9.90 Å². The van der Waals surface area contributed by atoms with Gasteiger partial charge in [-0.15, -0.1) is 0 Å². The Hall–Kier alpha value is -2.43. The molecule has 1 aromatic carbocycles. The fraction of sp³-hybridized carbons (Fsp3) is 0.267. The Balaban J connectivity index is 2.15. The highest BCUT2D eigenvalue weighted by atomic mass is 16.4. The number of carboxylic acids is 1. The lowest BCUT2D eigenvalue weighted by Crippen LogP contribution is -2.23. The summed E-state index contributed by atoms with van der Waals surface area (Å²) in [5.74, 6) is -1.30. The first-order valence-electron chi connectivity index (χ1n) is 6.52. The minimum atomic E-state index is -1.30. The molecule has 0 saturated heterocycles. The van der Waals surface area contributed by atoms with Crippen molar-refractivity contribution in [2.75, 3.05) is 0 Å². The fourth-order valence-electron chi connectivity index (χ4n) is 2.58. The van der Waals surface area contributed by atoms with Gasteiger partial charge < -0.3 is 5.11 Å². The Morgan fingerprint density at radius 3 is 2.80 bits per heavy atom. The van der Waals surface area contributed by atoms with E-state index in [1.165, 1.54) is 15.8 Å². The number of carboxylic acid groups (broad SMARTS) is 1. The summed E-state index contributed by atoms with van der Waals surface area (Å²) in [6, 6.07) is 5.98. The first-order chi connectivity index (χ1) is 9.56. The summed E-state index contributed by atoms with van der Waals surface area (Å²) in [6.07, 6.45) is 4.85. The third-order valence-corrected chi connectivity index (χ3v) is 3.65. The summed E-state index contributed by atoms with van der Waals surface area (Å²) < 4.78 is 1.47. The molecule has 0 bridgehead atoms. The van der Waals surface area contributed by atoms with Gasteiger partial charge in [0.2, 0.25) is 11.1 Å². The van der Waals surface area contributed by atoms with Gasteiger partial charge in [-0.25, -0.2) is 9.48 Å². The van der Waals surface area contributed by atoms with Crippen LogP contribution in [0, 0.1) is 6.92 Å². The summed E-state index contributed by atoms with van der Waals surface area (Å²) in [5.41, 5.74) is 2.80. The van der Waals surface area contributed by atoms with E-state index in [0.717, 1.165) is 24.9 Å². The Bertz CT molecular complexity index is 762. The van der Waals surface area contributed by atoms with Gasteiger partial charge in [0.15, 0.2) is 0 Å². The number of fused-ring (bicyclic) bond motifs is 1. The van der Waals surface area contributed by atoms with Crippen molar-refractivity contribution in [1.82, 2.24) is 9.78 Å². The van der Waals surface area contributed by atoms with E-state index in [-0.39, 0.29) is 0 Å². The first kappa shape index (κ1) is 12.6. The van der Waals surface area contributed by atoms with E-state index in [2.05, 4.69) is 5.10 Å². The number of aromatic carboxylic acids is 1. The second kappa shape index (κ2) is 4.59. The molecule has 2 aromatic rings. The molecule has 102 valence electrons. The quantitative estimate of drug-likeness (QED) is 0.902. The molecule has 1 aromatic heterocycles. The van der Waals surface area contributed by atoms with Crippen molar-refractivity contribution in [3.05, 3.63) is 57.0 Å². The molecule has 1 aliphatic carbocycles. The molecule has 0 spiro atoms. The molecule has 0 aliphatic heterocycles.